The lowest BCUT2D eigenvalue weighted by Gasteiger charge is -2.33. The molecule has 5 heteroatoms. The molecule has 0 bridgehead atoms. The molecular weight excluding hydrogens is 258 g/mol. The summed E-state index contributed by atoms with van der Waals surface area (Å²) < 4.78 is 10.6. The summed E-state index contributed by atoms with van der Waals surface area (Å²) in [4.78, 5) is 13.8. The van der Waals surface area contributed by atoms with Gasteiger partial charge in [-0.25, -0.2) is 0 Å². The van der Waals surface area contributed by atoms with E-state index in [9.17, 15) is 9.90 Å². The van der Waals surface area contributed by atoms with Crippen molar-refractivity contribution in [3.05, 3.63) is 23.3 Å². The van der Waals surface area contributed by atoms with Gasteiger partial charge >= 0.3 is 0 Å². The van der Waals surface area contributed by atoms with Crippen molar-refractivity contribution >= 4 is 5.91 Å². The third-order valence-electron chi connectivity index (χ3n) is 3.53. The minimum atomic E-state index is -1.34. The van der Waals surface area contributed by atoms with Crippen molar-refractivity contribution in [1.82, 2.24) is 4.90 Å². The zero-order chi connectivity index (χ0) is 14.9. The van der Waals surface area contributed by atoms with Gasteiger partial charge in [-0.1, -0.05) is 0 Å². The topological polar surface area (TPSA) is 59.0 Å². The Morgan fingerprint density at radius 2 is 1.75 bits per heavy atom. The van der Waals surface area contributed by atoms with E-state index in [1.165, 1.54) is 13.8 Å². The molecule has 0 unspecified atom stereocenters. The fourth-order valence-corrected chi connectivity index (χ4v) is 2.44. The third-order valence-corrected chi connectivity index (χ3v) is 3.53. The fourth-order valence-electron chi connectivity index (χ4n) is 2.44. The lowest BCUT2D eigenvalue weighted by Crippen LogP contribution is -2.47. The Bertz CT molecular complexity index is 519. The normalized spacial score (nSPS) is 14.8. The first-order valence-corrected chi connectivity index (χ1v) is 6.62. The standard InChI is InChI=1S/C15H21NO4/c1-15(2,18)14(17)16-6-5-10-7-12(19-3)13(20-4)8-11(10)9-16/h7-8,18H,5-6,9H2,1-4H3. The van der Waals surface area contributed by atoms with E-state index in [0.29, 0.717) is 24.6 Å². The average Bonchev–Trinajstić information content (AvgIpc) is 2.43. The van der Waals surface area contributed by atoms with Gasteiger partial charge in [-0.2, -0.15) is 0 Å². The van der Waals surface area contributed by atoms with E-state index in [0.717, 1.165) is 17.5 Å². The molecule has 110 valence electrons. The third kappa shape index (κ3) is 2.72. The summed E-state index contributed by atoms with van der Waals surface area (Å²) in [6, 6.07) is 3.86. The van der Waals surface area contributed by atoms with Crippen LogP contribution in [0, 0.1) is 0 Å². The number of amides is 1. The maximum absolute atomic E-state index is 12.1. The molecule has 1 heterocycles. The second kappa shape index (κ2) is 5.32. The number of rotatable bonds is 3. The SMILES string of the molecule is COc1cc2c(cc1OC)CN(C(=O)C(C)(C)O)CC2. The molecule has 0 fully saturated rings. The van der Waals surface area contributed by atoms with Gasteiger partial charge in [0.1, 0.15) is 5.60 Å². The number of carbonyl (C=O) groups is 1. The van der Waals surface area contributed by atoms with Gasteiger partial charge in [0.15, 0.2) is 11.5 Å². The van der Waals surface area contributed by atoms with Gasteiger partial charge in [-0.15, -0.1) is 0 Å². The quantitative estimate of drug-likeness (QED) is 0.907. The molecular formula is C15H21NO4. The maximum atomic E-state index is 12.1. The molecule has 1 N–H and O–H groups in total. The van der Waals surface area contributed by atoms with E-state index < -0.39 is 5.60 Å². The molecule has 0 aromatic heterocycles. The van der Waals surface area contributed by atoms with Crippen molar-refractivity contribution in [2.24, 2.45) is 0 Å². The number of ether oxygens (including phenoxy) is 2. The summed E-state index contributed by atoms with van der Waals surface area (Å²) in [7, 11) is 3.20. The Morgan fingerprint density at radius 1 is 1.20 bits per heavy atom. The first kappa shape index (κ1) is 14.7. The van der Waals surface area contributed by atoms with Crippen LogP contribution in [-0.4, -0.2) is 42.3 Å². The van der Waals surface area contributed by atoms with Gasteiger partial charge in [-0.3, -0.25) is 4.79 Å². The highest BCUT2D eigenvalue weighted by Crippen LogP contribution is 2.33. The number of carbonyl (C=O) groups excluding carboxylic acids is 1. The first-order chi connectivity index (χ1) is 9.36. The van der Waals surface area contributed by atoms with Crippen LogP contribution in [0.5, 0.6) is 11.5 Å². The number of fused-ring (bicyclic) bond motifs is 1. The van der Waals surface area contributed by atoms with Crippen LogP contribution in [0.15, 0.2) is 12.1 Å². The molecule has 1 aromatic rings. The van der Waals surface area contributed by atoms with Crippen molar-refractivity contribution < 1.29 is 19.4 Å². The van der Waals surface area contributed by atoms with Crippen LogP contribution < -0.4 is 9.47 Å². The van der Waals surface area contributed by atoms with Crippen molar-refractivity contribution in [2.75, 3.05) is 20.8 Å². The first-order valence-electron chi connectivity index (χ1n) is 6.62. The van der Waals surface area contributed by atoms with Crippen molar-refractivity contribution in [3.8, 4) is 11.5 Å². The van der Waals surface area contributed by atoms with Gasteiger partial charge in [0.25, 0.3) is 5.91 Å². The van der Waals surface area contributed by atoms with E-state index in [4.69, 9.17) is 9.47 Å². The summed E-state index contributed by atoms with van der Waals surface area (Å²) in [5.74, 6) is 1.11. The highest BCUT2D eigenvalue weighted by molar-refractivity contribution is 5.84. The molecule has 1 aliphatic heterocycles. The highest BCUT2D eigenvalue weighted by atomic mass is 16.5. The molecule has 0 saturated heterocycles. The largest absolute Gasteiger partial charge is 0.493 e. The lowest BCUT2D eigenvalue weighted by atomic mass is 9.97. The summed E-state index contributed by atoms with van der Waals surface area (Å²) in [6.45, 7) is 4.11. The maximum Gasteiger partial charge on any atom is 0.254 e. The van der Waals surface area contributed by atoms with E-state index in [1.54, 1.807) is 19.1 Å². The fraction of sp³-hybridized carbons (Fsp3) is 0.533. The van der Waals surface area contributed by atoms with Crippen LogP contribution in [0.25, 0.3) is 0 Å². The molecule has 0 saturated carbocycles. The Hall–Kier alpha value is -1.75. The van der Waals surface area contributed by atoms with Gasteiger partial charge < -0.3 is 19.5 Å². The average molecular weight is 279 g/mol. The molecule has 5 nitrogen and oxygen atoms in total. The van der Waals surface area contributed by atoms with Gasteiger partial charge in [0, 0.05) is 13.1 Å². The zero-order valence-electron chi connectivity index (χ0n) is 12.4. The molecule has 1 amide bonds. The summed E-state index contributed by atoms with van der Waals surface area (Å²) >= 11 is 0. The highest BCUT2D eigenvalue weighted by Gasteiger charge is 2.31. The number of hydrogen-bond acceptors (Lipinski definition) is 4. The van der Waals surface area contributed by atoms with Crippen molar-refractivity contribution in [2.45, 2.75) is 32.4 Å². The van der Waals surface area contributed by atoms with Crippen molar-refractivity contribution in [3.63, 3.8) is 0 Å². The minimum Gasteiger partial charge on any atom is -0.493 e. The number of methoxy groups -OCH3 is 2. The molecule has 2 rings (SSSR count). The van der Waals surface area contributed by atoms with Crippen LogP contribution in [0.2, 0.25) is 0 Å². The second-order valence-corrected chi connectivity index (χ2v) is 5.51. The van der Waals surface area contributed by atoms with Crippen LogP contribution in [0.3, 0.4) is 0 Å². The van der Waals surface area contributed by atoms with Crippen LogP contribution in [-0.2, 0) is 17.8 Å². The summed E-state index contributed by atoms with van der Waals surface area (Å²) in [6.07, 6.45) is 0.748. The van der Waals surface area contributed by atoms with Gasteiger partial charge in [0.2, 0.25) is 0 Å². The minimum absolute atomic E-state index is 0.252. The van der Waals surface area contributed by atoms with E-state index in [1.807, 2.05) is 12.1 Å². The number of aliphatic hydroxyl groups is 1. The molecule has 1 aromatic carbocycles. The predicted octanol–water partition coefficient (Wildman–Crippen LogP) is 1.36. The zero-order valence-corrected chi connectivity index (χ0v) is 12.4. The van der Waals surface area contributed by atoms with Crippen molar-refractivity contribution in [1.29, 1.82) is 0 Å². The lowest BCUT2D eigenvalue weighted by molar-refractivity contribution is -0.148. The summed E-state index contributed by atoms with van der Waals surface area (Å²) in [5, 5.41) is 9.83. The number of benzene rings is 1. The number of hydrogen-bond donors (Lipinski definition) is 1. The Kier molecular flexibility index (Phi) is 3.90. The van der Waals surface area contributed by atoms with Gasteiger partial charge in [0.05, 0.1) is 14.2 Å². The van der Waals surface area contributed by atoms with Crippen LogP contribution in [0.4, 0.5) is 0 Å². The van der Waals surface area contributed by atoms with Crippen LogP contribution in [0.1, 0.15) is 25.0 Å². The molecule has 1 aliphatic rings. The molecule has 0 aliphatic carbocycles. The Balaban J connectivity index is 2.28. The van der Waals surface area contributed by atoms with Gasteiger partial charge in [-0.05, 0) is 43.5 Å². The molecule has 20 heavy (non-hydrogen) atoms. The predicted molar refractivity (Wildman–Crippen MR) is 75.0 cm³/mol. The van der Waals surface area contributed by atoms with E-state index in [2.05, 4.69) is 0 Å². The van der Waals surface area contributed by atoms with Crippen LogP contribution >= 0.6 is 0 Å². The van der Waals surface area contributed by atoms with E-state index >= 15 is 0 Å². The second-order valence-electron chi connectivity index (χ2n) is 5.51. The number of nitrogens with zero attached hydrogens (tertiary/aromatic N) is 1. The Morgan fingerprint density at radius 3 is 2.25 bits per heavy atom. The Labute approximate surface area is 119 Å². The monoisotopic (exact) mass is 279 g/mol. The molecule has 0 radical (unpaired) electrons. The smallest absolute Gasteiger partial charge is 0.254 e. The summed E-state index contributed by atoms with van der Waals surface area (Å²) in [5.41, 5.74) is 0.850. The van der Waals surface area contributed by atoms with E-state index in [-0.39, 0.29) is 5.91 Å². The molecule has 0 spiro atoms. The molecule has 0 atom stereocenters.